The van der Waals surface area contributed by atoms with Gasteiger partial charge in [-0.25, -0.2) is 9.97 Å². The summed E-state index contributed by atoms with van der Waals surface area (Å²) in [7, 11) is 0. The van der Waals surface area contributed by atoms with E-state index in [0.717, 1.165) is 23.3 Å². The largest absolute Gasteiger partial charge is 0.416 e. The van der Waals surface area contributed by atoms with Crippen molar-refractivity contribution in [3.05, 3.63) is 89.3 Å². The monoisotopic (exact) mass is 383 g/mol. The van der Waals surface area contributed by atoms with E-state index >= 15 is 0 Å². The molecule has 0 saturated heterocycles. The van der Waals surface area contributed by atoms with Gasteiger partial charge >= 0.3 is 6.18 Å². The summed E-state index contributed by atoms with van der Waals surface area (Å²) < 4.78 is 38.0. The third-order valence-corrected chi connectivity index (χ3v) is 4.07. The smallest absolute Gasteiger partial charge is 0.366 e. The Bertz CT molecular complexity index is 980. The summed E-state index contributed by atoms with van der Waals surface area (Å²) >= 11 is 0. The van der Waals surface area contributed by atoms with Crippen LogP contribution in [0.3, 0.4) is 0 Å². The van der Waals surface area contributed by atoms with Crippen molar-refractivity contribution in [2.24, 2.45) is 5.73 Å². The number of halogens is 3. The molecule has 0 bridgehead atoms. The maximum absolute atomic E-state index is 12.7. The lowest BCUT2D eigenvalue weighted by molar-refractivity contribution is -0.137. The molecule has 0 unspecified atom stereocenters. The van der Waals surface area contributed by atoms with Gasteiger partial charge in [-0.15, -0.1) is 0 Å². The fraction of sp³-hybridized carbons (Fsp3) is 0.0952. The van der Waals surface area contributed by atoms with E-state index in [0.29, 0.717) is 17.0 Å². The Labute approximate surface area is 159 Å². The number of nitrogens with two attached hydrogens (primary N) is 1. The van der Waals surface area contributed by atoms with Gasteiger partial charge in [0.2, 0.25) is 5.91 Å². The van der Waals surface area contributed by atoms with Gasteiger partial charge in [0.1, 0.15) is 0 Å². The maximum atomic E-state index is 12.7. The lowest BCUT2D eigenvalue weighted by Crippen LogP contribution is -2.15. The number of carbonyl (C=O) groups is 1. The second-order valence-corrected chi connectivity index (χ2v) is 6.10. The number of amides is 1. The molecule has 0 aliphatic carbocycles. The van der Waals surface area contributed by atoms with Crippen molar-refractivity contribution in [2.75, 3.05) is 0 Å². The highest BCUT2D eigenvalue weighted by Crippen LogP contribution is 2.29. The van der Waals surface area contributed by atoms with Gasteiger partial charge in [-0.2, -0.15) is 13.2 Å². The van der Waals surface area contributed by atoms with Gasteiger partial charge in [0.25, 0.3) is 0 Å². The zero-order valence-corrected chi connectivity index (χ0v) is 14.6. The normalized spacial score (nSPS) is 12.0. The Morgan fingerprint density at radius 1 is 0.964 bits per heavy atom. The topological polar surface area (TPSA) is 68.9 Å². The van der Waals surface area contributed by atoms with Gasteiger partial charge in [-0.1, -0.05) is 36.4 Å². The fourth-order valence-corrected chi connectivity index (χ4v) is 2.62. The zero-order valence-electron chi connectivity index (χ0n) is 14.6. The fourth-order valence-electron chi connectivity index (χ4n) is 2.62. The van der Waals surface area contributed by atoms with Gasteiger partial charge < -0.3 is 5.73 Å². The maximum Gasteiger partial charge on any atom is 0.416 e. The van der Waals surface area contributed by atoms with Crippen LogP contribution in [0.2, 0.25) is 0 Å². The number of nitrogens with zero attached hydrogens (tertiary/aromatic N) is 2. The Morgan fingerprint density at radius 3 is 2.11 bits per heavy atom. The summed E-state index contributed by atoms with van der Waals surface area (Å²) in [5, 5.41) is 0. The van der Waals surface area contributed by atoms with Crippen molar-refractivity contribution in [3.8, 4) is 11.4 Å². The summed E-state index contributed by atoms with van der Waals surface area (Å²) in [5.74, 6) is -0.0418. The number of benzene rings is 2. The van der Waals surface area contributed by atoms with E-state index in [4.69, 9.17) is 5.73 Å². The van der Waals surface area contributed by atoms with E-state index in [-0.39, 0.29) is 6.42 Å². The minimum atomic E-state index is -4.40. The molecule has 0 aliphatic rings. The van der Waals surface area contributed by atoms with E-state index in [9.17, 15) is 18.0 Å². The van der Waals surface area contributed by atoms with Gasteiger partial charge in [0, 0.05) is 30.0 Å². The lowest BCUT2D eigenvalue weighted by atomic mass is 10.0. The Kier molecular flexibility index (Phi) is 5.54. The molecule has 0 saturated carbocycles. The molecule has 0 fully saturated rings. The number of carbonyl (C=O) groups excluding carboxylic acids is 1. The third-order valence-electron chi connectivity index (χ3n) is 4.07. The Hall–Kier alpha value is -3.48. The van der Waals surface area contributed by atoms with Crippen LogP contribution in [-0.4, -0.2) is 15.9 Å². The Morgan fingerprint density at radius 2 is 1.57 bits per heavy atom. The van der Waals surface area contributed by atoms with Crippen molar-refractivity contribution in [3.63, 3.8) is 0 Å². The molecule has 0 atom stereocenters. The zero-order chi connectivity index (χ0) is 20.1. The summed E-state index contributed by atoms with van der Waals surface area (Å²) in [5.41, 5.74) is 7.12. The molecular formula is C21H16F3N3O. The summed E-state index contributed by atoms with van der Waals surface area (Å²) in [6, 6.07) is 13.6. The van der Waals surface area contributed by atoms with E-state index in [1.165, 1.54) is 18.2 Å². The molecule has 28 heavy (non-hydrogen) atoms. The summed E-state index contributed by atoms with van der Waals surface area (Å²) in [6.45, 7) is 0. The molecule has 0 radical (unpaired) electrons. The highest BCUT2D eigenvalue weighted by atomic mass is 19.4. The summed E-state index contributed by atoms with van der Waals surface area (Å²) in [4.78, 5) is 20.1. The minimum Gasteiger partial charge on any atom is -0.366 e. The van der Waals surface area contributed by atoms with Crippen molar-refractivity contribution in [1.29, 1.82) is 0 Å². The first-order valence-electron chi connectivity index (χ1n) is 8.37. The Balaban J connectivity index is 1.79. The molecule has 0 aliphatic heterocycles. The van der Waals surface area contributed by atoms with Crippen LogP contribution in [0.4, 0.5) is 13.2 Å². The quantitative estimate of drug-likeness (QED) is 0.669. The predicted molar refractivity (Wildman–Crippen MR) is 99.8 cm³/mol. The predicted octanol–water partition coefficient (Wildman–Crippen LogP) is 4.27. The van der Waals surface area contributed by atoms with Crippen LogP contribution in [0, 0.1) is 0 Å². The van der Waals surface area contributed by atoms with Gasteiger partial charge in [0.05, 0.1) is 5.56 Å². The molecule has 1 aromatic heterocycles. The van der Waals surface area contributed by atoms with E-state index in [1.54, 1.807) is 18.5 Å². The standard InChI is InChI=1S/C21H16F3N3O/c22-21(23,24)18-8-4-15(5-9-18)13-17(19(25)28)12-14-2-6-16(7-3-14)20-26-10-1-11-27-20/h1-11,13H,12H2,(H2,25,28). The van der Waals surface area contributed by atoms with E-state index in [1.807, 2.05) is 24.3 Å². The number of primary amides is 1. The van der Waals surface area contributed by atoms with E-state index < -0.39 is 17.6 Å². The first kappa shape index (κ1) is 19.3. The highest BCUT2D eigenvalue weighted by molar-refractivity contribution is 5.97. The SMILES string of the molecule is NC(=O)C(=Cc1ccc(C(F)(F)F)cc1)Cc1ccc(-c2ncccn2)cc1. The summed E-state index contributed by atoms with van der Waals surface area (Å²) in [6.07, 6.45) is 0.643. The van der Waals surface area contributed by atoms with Crippen LogP contribution in [0.25, 0.3) is 17.5 Å². The number of aromatic nitrogens is 2. The molecular weight excluding hydrogens is 367 g/mol. The molecule has 142 valence electrons. The molecule has 3 rings (SSSR count). The second-order valence-electron chi connectivity index (χ2n) is 6.10. The molecule has 2 N–H and O–H groups in total. The van der Waals surface area contributed by atoms with Crippen molar-refractivity contribution >= 4 is 12.0 Å². The average Bonchev–Trinajstić information content (AvgIpc) is 2.68. The van der Waals surface area contributed by atoms with Crippen LogP contribution in [-0.2, 0) is 17.4 Å². The number of hydrogen-bond acceptors (Lipinski definition) is 3. The second kappa shape index (κ2) is 8.04. The lowest BCUT2D eigenvalue weighted by Gasteiger charge is -2.08. The van der Waals surface area contributed by atoms with Crippen LogP contribution in [0.5, 0.6) is 0 Å². The van der Waals surface area contributed by atoms with Gasteiger partial charge in [0.15, 0.2) is 5.82 Å². The molecule has 0 spiro atoms. The van der Waals surface area contributed by atoms with Crippen molar-refractivity contribution < 1.29 is 18.0 Å². The van der Waals surface area contributed by atoms with Crippen LogP contribution >= 0.6 is 0 Å². The molecule has 1 amide bonds. The molecule has 4 nitrogen and oxygen atoms in total. The molecule has 3 aromatic rings. The number of alkyl halides is 3. The van der Waals surface area contributed by atoms with Crippen LogP contribution in [0.15, 0.2) is 72.6 Å². The van der Waals surface area contributed by atoms with Crippen molar-refractivity contribution in [1.82, 2.24) is 9.97 Å². The van der Waals surface area contributed by atoms with Gasteiger partial charge in [-0.05, 0) is 35.4 Å². The van der Waals surface area contributed by atoms with Gasteiger partial charge in [-0.3, -0.25) is 4.79 Å². The van der Waals surface area contributed by atoms with Crippen molar-refractivity contribution in [2.45, 2.75) is 12.6 Å². The first-order chi connectivity index (χ1) is 13.3. The minimum absolute atomic E-state index is 0.256. The molecule has 2 aromatic carbocycles. The molecule has 7 heteroatoms. The highest BCUT2D eigenvalue weighted by Gasteiger charge is 2.29. The van der Waals surface area contributed by atoms with Crippen LogP contribution in [0.1, 0.15) is 16.7 Å². The number of hydrogen-bond donors (Lipinski definition) is 1. The van der Waals surface area contributed by atoms with E-state index in [2.05, 4.69) is 9.97 Å². The number of rotatable bonds is 5. The third kappa shape index (κ3) is 4.82. The van der Waals surface area contributed by atoms with Crippen LogP contribution < -0.4 is 5.73 Å². The first-order valence-corrected chi connectivity index (χ1v) is 8.37. The average molecular weight is 383 g/mol. The molecule has 1 heterocycles.